The number of benzene rings is 2. The summed E-state index contributed by atoms with van der Waals surface area (Å²) in [6, 6.07) is 14.6. The topological polar surface area (TPSA) is 168 Å². The third-order valence-electron chi connectivity index (χ3n) is 11.2. The number of H-pyrrole nitrogens is 2. The summed E-state index contributed by atoms with van der Waals surface area (Å²) < 4.78 is 4.90. The molecule has 4 aromatic rings. The van der Waals surface area contributed by atoms with Crippen LogP contribution in [0.5, 0.6) is 0 Å². The number of carboxylic acid groups (broad SMARTS) is 1. The van der Waals surface area contributed by atoms with Crippen molar-refractivity contribution in [1.29, 1.82) is 0 Å². The zero-order valence-electron chi connectivity index (χ0n) is 33.4. The maximum absolute atomic E-state index is 13.8. The van der Waals surface area contributed by atoms with E-state index in [9.17, 15) is 24.3 Å². The average molecular weight is 767 g/mol. The summed E-state index contributed by atoms with van der Waals surface area (Å²) in [7, 11) is 2.92. The van der Waals surface area contributed by atoms with Gasteiger partial charge in [-0.2, -0.15) is 0 Å². The van der Waals surface area contributed by atoms with E-state index in [0.717, 1.165) is 65.1 Å². The van der Waals surface area contributed by atoms with Crippen LogP contribution in [-0.4, -0.2) is 115 Å². The highest BCUT2D eigenvalue weighted by atomic mass is 16.5. The van der Waals surface area contributed by atoms with Crippen LogP contribution in [0.25, 0.3) is 33.6 Å². The average Bonchev–Trinajstić information content (AvgIpc) is 4.03. The summed E-state index contributed by atoms with van der Waals surface area (Å²) in [5, 5.41) is 9.77. The number of hydrogen-bond acceptors (Lipinski definition) is 7. The van der Waals surface area contributed by atoms with Crippen LogP contribution in [0, 0.1) is 11.8 Å². The van der Waals surface area contributed by atoms with Gasteiger partial charge in [0.2, 0.25) is 11.8 Å². The van der Waals surface area contributed by atoms with Crippen molar-refractivity contribution in [2.45, 2.75) is 84.5 Å². The molecular weight excluding hydrogens is 713 g/mol. The molecule has 2 aromatic heterocycles. The number of methoxy groups -OCH3 is 1. The molecule has 14 heteroatoms. The van der Waals surface area contributed by atoms with Gasteiger partial charge in [0.25, 0.3) is 0 Å². The molecule has 0 spiro atoms. The number of ether oxygens (including phenoxy) is 1. The molecule has 2 saturated heterocycles. The summed E-state index contributed by atoms with van der Waals surface area (Å²) >= 11 is 0. The minimum Gasteiger partial charge on any atom is -0.465 e. The quantitative estimate of drug-likeness (QED) is 0.136. The summed E-state index contributed by atoms with van der Waals surface area (Å²) in [6.45, 7) is 10.8. The summed E-state index contributed by atoms with van der Waals surface area (Å²) in [5.74, 6) is 0.878. The standard InChI is InChI=1S/C42H54N8O6/c1-8-48(41(53)54)36(26(4)5)40(52)50-22-10-12-34(50)38-44-24-32(46-38)30-19-15-28(16-20-30)27-13-17-29(18-14-27)31-23-43-37(45-31)33-11-9-21-49(33)39(51)35(25(2)3)47(6)42(55)56-7/h13-20,23-26,33-36H,8-12,21-22H2,1-7H3,(H,43,45)(H,44,46)(H,53,54)/t33-,34-,35-,36-/m0/s1. The highest BCUT2D eigenvalue weighted by molar-refractivity contribution is 5.87. The second kappa shape index (κ2) is 17.0. The third kappa shape index (κ3) is 8.00. The third-order valence-corrected chi connectivity index (χ3v) is 11.2. The number of carbonyl (C=O) groups excluding carboxylic acids is 3. The Bertz CT molecular complexity index is 2010. The lowest BCUT2D eigenvalue weighted by atomic mass is 10.0. The number of nitrogens with one attached hydrogen (secondary N) is 2. The zero-order valence-corrected chi connectivity index (χ0v) is 33.4. The molecule has 4 amide bonds. The number of aromatic amines is 2. The fourth-order valence-corrected chi connectivity index (χ4v) is 8.34. The van der Waals surface area contributed by atoms with Crippen LogP contribution in [-0.2, 0) is 14.3 Å². The van der Waals surface area contributed by atoms with Gasteiger partial charge in [0.15, 0.2) is 0 Å². The van der Waals surface area contributed by atoms with E-state index in [1.807, 2.05) is 56.9 Å². The number of likely N-dealkylation sites (N-methyl/N-ethyl adjacent to an activating group) is 2. The number of hydrogen-bond donors (Lipinski definition) is 3. The van der Waals surface area contributed by atoms with Crippen LogP contribution in [0.2, 0.25) is 0 Å². The first-order chi connectivity index (χ1) is 26.8. The molecule has 14 nitrogen and oxygen atoms in total. The molecule has 2 aliphatic rings. The zero-order chi connectivity index (χ0) is 40.3. The van der Waals surface area contributed by atoms with E-state index in [1.54, 1.807) is 31.3 Å². The molecule has 0 saturated carbocycles. The van der Waals surface area contributed by atoms with Crippen molar-refractivity contribution < 1.29 is 29.0 Å². The molecule has 0 bridgehead atoms. The monoisotopic (exact) mass is 766 g/mol. The summed E-state index contributed by atoms with van der Waals surface area (Å²) in [6.07, 6.45) is 5.17. The smallest absolute Gasteiger partial charge is 0.409 e. The van der Waals surface area contributed by atoms with Gasteiger partial charge in [-0.25, -0.2) is 19.6 Å². The van der Waals surface area contributed by atoms with E-state index in [1.165, 1.54) is 16.9 Å². The van der Waals surface area contributed by atoms with Gasteiger partial charge in [-0.05, 0) is 66.7 Å². The van der Waals surface area contributed by atoms with Crippen molar-refractivity contribution in [2.75, 3.05) is 33.8 Å². The van der Waals surface area contributed by atoms with Crippen molar-refractivity contribution in [3.8, 4) is 33.6 Å². The van der Waals surface area contributed by atoms with E-state index in [2.05, 4.69) is 39.2 Å². The molecule has 0 unspecified atom stereocenters. The largest absolute Gasteiger partial charge is 0.465 e. The first-order valence-corrected chi connectivity index (χ1v) is 19.6. The van der Waals surface area contributed by atoms with E-state index < -0.39 is 24.3 Å². The number of imidazole rings is 2. The van der Waals surface area contributed by atoms with Crippen molar-refractivity contribution in [2.24, 2.45) is 11.8 Å². The molecule has 0 radical (unpaired) electrons. The molecule has 6 rings (SSSR count). The van der Waals surface area contributed by atoms with Crippen molar-refractivity contribution in [1.82, 2.24) is 39.5 Å². The molecule has 4 atom stereocenters. The molecular formula is C42H54N8O6. The molecule has 56 heavy (non-hydrogen) atoms. The molecule has 4 heterocycles. The summed E-state index contributed by atoms with van der Waals surface area (Å²) in [5.41, 5.74) is 5.73. The van der Waals surface area contributed by atoms with Crippen LogP contribution in [0.3, 0.4) is 0 Å². The normalized spacial score (nSPS) is 18.0. The number of carbonyl (C=O) groups is 4. The van der Waals surface area contributed by atoms with Gasteiger partial charge >= 0.3 is 12.2 Å². The Morgan fingerprint density at radius 3 is 1.54 bits per heavy atom. The molecule has 2 aliphatic heterocycles. The Morgan fingerprint density at radius 2 is 1.16 bits per heavy atom. The van der Waals surface area contributed by atoms with Gasteiger partial charge in [0.05, 0.1) is 43.0 Å². The molecule has 2 fully saturated rings. The van der Waals surface area contributed by atoms with E-state index in [-0.39, 0.29) is 42.3 Å². The minimum atomic E-state index is -1.09. The van der Waals surface area contributed by atoms with Gasteiger partial charge < -0.3 is 29.6 Å². The Morgan fingerprint density at radius 1 is 0.750 bits per heavy atom. The van der Waals surface area contributed by atoms with E-state index >= 15 is 0 Å². The Balaban J connectivity index is 1.12. The van der Waals surface area contributed by atoms with Crippen molar-refractivity contribution in [3.05, 3.63) is 72.6 Å². The Labute approximate surface area is 328 Å². The summed E-state index contributed by atoms with van der Waals surface area (Å²) in [4.78, 5) is 74.2. The Kier molecular flexibility index (Phi) is 12.2. The first kappa shape index (κ1) is 40.0. The number of aromatic nitrogens is 4. The van der Waals surface area contributed by atoms with Gasteiger partial charge in [-0.1, -0.05) is 76.2 Å². The van der Waals surface area contributed by atoms with Gasteiger partial charge in [0.1, 0.15) is 23.7 Å². The first-order valence-electron chi connectivity index (χ1n) is 19.6. The van der Waals surface area contributed by atoms with Gasteiger partial charge in [-0.3, -0.25) is 19.4 Å². The van der Waals surface area contributed by atoms with E-state index in [0.29, 0.717) is 18.9 Å². The van der Waals surface area contributed by atoms with Gasteiger partial charge in [0, 0.05) is 26.7 Å². The lowest BCUT2D eigenvalue weighted by Gasteiger charge is -2.35. The highest BCUT2D eigenvalue weighted by Gasteiger charge is 2.41. The van der Waals surface area contributed by atoms with Crippen LogP contribution in [0.1, 0.15) is 84.0 Å². The SMILES string of the molecule is CCN(C(=O)O)[C@H](C(=O)N1CCC[C@H]1c1ncc(-c2ccc(-c3ccc(-c4cnc([C@@H]5CCCN5C(=O)[C@H](C(C)C)N(C)C(=O)OC)[nH]4)cc3)cc2)[nH]1)C(C)C. The highest BCUT2D eigenvalue weighted by Crippen LogP contribution is 2.36. The second-order valence-electron chi connectivity index (χ2n) is 15.4. The van der Waals surface area contributed by atoms with E-state index in [4.69, 9.17) is 9.72 Å². The lowest BCUT2D eigenvalue weighted by molar-refractivity contribution is -0.139. The van der Waals surface area contributed by atoms with Crippen molar-refractivity contribution in [3.63, 3.8) is 0 Å². The van der Waals surface area contributed by atoms with Crippen molar-refractivity contribution >= 4 is 24.0 Å². The molecule has 2 aromatic carbocycles. The maximum atomic E-state index is 13.8. The molecule has 3 N–H and O–H groups in total. The lowest BCUT2D eigenvalue weighted by Crippen LogP contribution is -2.53. The number of amides is 4. The van der Waals surface area contributed by atoms with Crippen LogP contribution in [0.15, 0.2) is 60.9 Å². The van der Waals surface area contributed by atoms with Gasteiger partial charge in [-0.15, -0.1) is 0 Å². The van der Waals surface area contributed by atoms with Crippen LogP contribution < -0.4 is 0 Å². The Hall–Kier alpha value is -5.66. The van der Waals surface area contributed by atoms with Crippen LogP contribution >= 0.6 is 0 Å². The predicted octanol–water partition coefficient (Wildman–Crippen LogP) is 7.21. The second-order valence-corrected chi connectivity index (χ2v) is 15.4. The molecule has 298 valence electrons. The fourth-order valence-electron chi connectivity index (χ4n) is 8.34. The fraction of sp³-hybridized carbons (Fsp3) is 0.476. The molecule has 0 aliphatic carbocycles. The maximum Gasteiger partial charge on any atom is 0.409 e. The number of rotatable bonds is 12. The predicted molar refractivity (Wildman–Crippen MR) is 212 cm³/mol. The number of nitrogens with zero attached hydrogens (tertiary/aromatic N) is 6. The number of likely N-dealkylation sites (tertiary alicyclic amines) is 2. The minimum absolute atomic E-state index is 0.0934. The van der Waals surface area contributed by atoms with Crippen LogP contribution in [0.4, 0.5) is 9.59 Å².